The maximum absolute atomic E-state index is 11.1. The van der Waals surface area contributed by atoms with Gasteiger partial charge in [-0.3, -0.25) is 0 Å². The summed E-state index contributed by atoms with van der Waals surface area (Å²) in [5, 5.41) is 22.2. The molecule has 2 N–H and O–H groups in total. The molecular weight excluding hydrogens is 392 g/mol. The Morgan fingerprint density at radius 2 is 1.03 bits per heavy atom. The number of fused-ring (bicyclic) bond motifs is 5. The van der Waals surface area contributed by atoms with Crippen LogP contribution in [0.4, 0.5) is 0 Å². The highest BCUT2D eigenvalue weighted by Gasteiger charge is 2.41. The van der Waals surface area contributed by atoms with Gasteiger partial charge < -0.3 is 10.2 Å². The molecular formula is C30H42O2. The summed E-state index contributed by atoms with van der Waals surface area (Å²) in [4.78, 5) is 0. The highest BCUT2D eigenvalue weighted by molar-refractivity contribution is 5.47. The lowest BCUT2D eigenvalue weighted by Crippen LogP contribution is -2.29. The number of hydrogen-bond acceptors (Lipinski definition) is 2. The van der Waals surface area contributed by atoms with Gasteiger partial charge in [-0.05, 0) is 83.7 Å². The fourth-order valence-electron chi connectivity index (χ4n) is 6.07. The number of unbranched alkanes of at least 4 members (excludes halogenated alkanes) is 6. The van der Waals surface area contributed by atoms with E-state index >= 15 is 0 Å². The largest absolute Gasteiger partial charge is 0.388 e. The smallest absolute Gasteiger partial charge is 0.0799 e. The summed E-state index contributed by atoms with van der Waals surface area (Å²) in [5.41, 5.74) is 7.45. The van der Waals surface area contributed by atoms with E-state index in [-0.39, 0.29) is 0 Å². The van der Waals surface area contributed by atoms with Crippen molar-refractivity contribution in [2.45, 2.75) is 115 Å². The molecule has 4 rings (SSSR count). The summed E-state index contributed by atoms with van der Waals surface area (Å²) < 4.78 is 0. The van der Waals surface area contributed by atoms with Gasteiger partial charge in [0.05, 0.1) is 12.2 Å². The first kappa shape index (κ1) is 23.5. The summed E-state index contributed by atoms with van der Waals surface area (Å²) >= 11 is 0. The summed E-state index contributed by atoms with van der Waals surface area (Å²) in [7, 11) is 0. The molecule has 0 aliphatic heterocycles. The summed E-state index contributed by atoms with van der Waals surface area (Å²) in [6.45, 7) is 4.49. The monoisotopic (exact) mass is 434 g/mol. The molecule has 0 saturated heterocycles. The Hall–Kier alpha value is -1.64. The number of rotatable bonds is 10. The quantitative estimate of drug-likeness (QED) is 0.377. The van der Waals surface area contributed by atoms with Crippen LogP contribution >= 0.6 is 0 Å². The zero-order chi connectivity index (χ0) is 22.5. The van der Waals surface area contributed by atoms with Gasteiger partial charge in [-0.2, -0.15) is 0 Å². The van der Waals surface area contributed by atoms with Gasteiger partial charge in [-0.1, -0.05) is 88.8 Å². The molecule has 4 unspecified atom stereocenters. The normalized spacial score (nSPS) is 24.0. The molecule has 0 radical (unpaired) electrons. The van der Waals surface area contributed by atoms with Gasteiger partial charge >= 0.3 is 0 Å². The van der Waals surface area contributed by atoms with Crippen molar-refractivity contribution >= 4 is 0 Å². The number of hydrogen-bond donors (Lipinski definition) is 2. The molecule has 0 bridgehead atoms. The average molecular weight is 435 g/mol. The van der Waals surface area contributed by atoms with Crippen LogP contribution in [0.25, 0.3) is 0 Å². The van der Waals surface area contributed by atoms with E-state index in [0.717, 1.165) is 36.8 Å². The molecule has 0 saturated carbocycles. The van der Waals surface area contributed by atoms with Crippen LogP contribution < -0.4 is 0 Å². The molecule has 2 heteroatoms. The molecule has 2 aliphatic carbocycles. The van der Waals surface area contributed by atoms with Crippen molar-refractivity contribution in [1.82, 2.24) is 0 Å². The van der Waals surface area contributed by atoms with E-state index in [1.165, 1.54) is 73.6 Å². The number of benzene rings is 2. The second kappa shape index (κ2) is 11.0. The molecule has 0 heterocycles. The van der Waals surface area contributed by atoms with Gasteiger partial charge in [0.1, 0.15) is 0 Å². The van der Waals surface area contributed by atoms with Crippen LogP contribution in [0.2, 0.25) is 0 Å². The predicted molar refractivity (Wildman–Crippen MR) is 133 cm³/mol. The highest BCUT2D eigenvalue weighted by atomic mass is 16.3. The van der Waals surface area contributed by atoms with E-state index < -0.39 is 12.2 Å². The maximum atomic E-state index is 11.1. The first-order chi connectivity index (χ1) is 15.6. The van der Waals surface area contributed by atoms with Gasteiger partial charge in [-0.25, -0.2) is 0 Å². The Morgan fingerprint density at radius 1 is 0.594 bits per heavy atom. The number of aliphatic hydroxyl groups is 2. The van der Waals surface area contributed by atoms with Crippen molar-refractivity contribution in [3.8, 4) is 0 Å². The zero-order valence-electron chi connectivity index (χ0n) is 20.2. The lowest BCUT2D eigenvalue weighted by molar-refractivity contribution is 0.101. The first-order valence-electron chi connectivity index (χ1n) is 13.2. The SMILES string of the molecule is CCCCCCc1ccc2c(c1)C(O)CC1c3ccc(CCCCCC)cc3C(O)CC21. The van der Waals surface area contributed by atoms with Crippen molar-refractivity contribution in [3.05, 3.63) is 69.8 Å². The molecule has 2 aromatic rings. The average Bonchev–Trinajstić information content (AvgIpc) is 2.81. The van der Waals surface area contributed by atoms with Gasteiger partial charge in [-0.15, -0.1) is 0 Å². The molecule has 0 aromatic heterocycles. The molecule has 0 fully saturated rings. The standard InChI is InChI=1S/C30H42O2/c1-3-5-7-9-11-21-13-15-23-25-20-30(32)28-18-22(12-10-8-6-4-2)14-16-24(28)26(25)19-29(31)27(23)17-21/h13-18,25-26,29-32H,3-12,19-20H2,1-2H3. The van der Waals surface area contributed by atoms with Crippen LogP contribution in [0, 0.1) is 0 Å². The van der Waals surface area contributed by atoms with Gasteiger partial charge in [0.15, 0.2) is 0 Å². The third-order valence-corrected chi connectivity index (χ3v) is 7.90. The Morgan fingerprint density at radius 3 is 1.44 bits per heavy atom. The van der Waals surface area contributed by atoms with Crippen LogP contribution in [-0.2, 0) is 12.8 Å². The van der Waals surface area contributed by atoms with Crippen molar-refractivity contribution in [1.29, 1.82) is 0 Å². The highest BCUT2D eigenvalue weighted by Crippen LogP contribution is 2.54. The summed E-state index contributed by atoms with van der Waals surface area (Å²) in [6.07, 6.45) is 13.1. The van der Waals surface area contributed by atoms with Crippen molar-refractivity contribution in [3.63, 3.8) is 0 Å². The lowest BCUT2D eigenvalue weighted by Gasteiger charge is -2.42. The van der Waals surface area contributed by atoms with E-state index in [4.69, 9.17) is 0 Å². The molecule has 2 nitrogen and oxygen atoms in total. The molecule has 0 spiro atoms. The van der Waals surface area contributed by atoms with E-state index in [0.29, 0.717) is 11.8 Å². The third kappa shape index (κ3) is 5.13. The molecule has 2 aliphatic rings. The fourth-order valence-corrected chi connectivity index (χ4v) is 6.07. The van der Waals surface area contributed by atoms with Crippen molar-refractivity contribution < 1.29 is 10.2 Å². The second-order valence-corrected chi connectivity index (χ2v) is 10.3. The summed E-state index contributed by atoms with van der Waals surface area (Å²) in [6, 6.07) is 13.5. The lowest BCUT2D eigenvalue weighted by atomic mass is 9.64. The predicted octanol–water partition coefficient (Wildman–Crippen LogP) is 7.67. The Labute approximate surface area is 195 Å². The topological polar surface area (TPSA) is 40.5 Å². The van der Waals surface area contributed by atoms with E-state index in [9.17, 15) is 10.2 Å². The third-order valence-electron chi connectivity index (χ3n) is 7.90. The minimum absolute atomic E-state index is 0.306. The second-order valence-electron chi connectivity index (χ2n) is 10.3. The minimum Gasteiger partial charge on any atom is -0.388 e. The molecule has 2 aromatic carbocycles. The fraction of sp³-hybridized carbons (Fsp3) is 0.600. The van der Waals surface area contributed by atoms with E-state index in [2.05, 4.69) is 50.2 Å². The first-order valence-corrected chi connectivity index (χ1v) is 13.2. The van der Waals surface area contributed by atoms with Gasteiger partial charge in [0, 0.05) is 0 Å². The van der Waals surface area contributed by atoms with E-state index in [1.54, 1.807) is 0 Å². The molecule has 32 heavy (non-hydrogen) atoms. The maximum Gasteiger partial charge on any atom is 0.0799 e. The van der Waals surface area contributed by atoms with Crippen LogP contribution in [0.3, 0.4) is 0 Å². The van der Waals surface area contributed by atoms with Crippen molar-refractivity contribution in [2.75, 3.05) is 0 Å². The molecule has 174 valence electrons. The minimum atomic E-state index is -0.404. The Balaban J connectivity index is 1.52. The van der Waals surface area contributed by atoms with Crippen molar-refractivity contribution in [2.24, 2.45) is 0 Å². The van der Waals surface area contributed by atoms with Crippen LogP contribution in [0.1, 0.15) is 135 Å². The van der Waals surface area contributed by atoms with Crippen LogP contribution in [0.15, 0.2) is 36.4 Å². The van der Waals surface area contributed by atoms with Gasteiger partial charge in [0.2, 0.25) is 0 Å². The number of aryl methyl sites for hydroxylation is 2. The summed E-state index contributed by atoms with van der Waals surface area (Å²) in [5.74, 6) is 0.612. The Kier molecular flexibility index (Phi) is 8.07. The van der Waals surface area contributed by atoms with E-state index in [1.807, 2.05) is 0 Å². The zero-order valence-corrected chi connectivity index (χ0v) is 20.2. The molecule has 4 atom stereocenters. The molecule has 0 amide bonds. The Bertz CT molecular complexity index is 813. The van der Waals surface area contributed by atoms with Crippen LogP contribution in [0.5, 0.6) is 0 Å². The number of aliphatic hydroxyl groups excluding tert-OH is 2. The van der Waals surface area contributed by atoms with Crippen LogP contribution in [-0.4, -0.2) is 10.2 Å². The van der Waals surface area contributed by atoms with Gasteiger partial charge in [0.25, 0.3) is 0 Å².